The number of hydrogen-bond donors (Lipinski definition) is 3. The minimum Gasteiger partial charge on any atom is -0.507 e. The first-order chi connectivity index (χ1) is 14.4. The first kappa shape index (κ1) is 21.2. The second-order valence-corrected chi connectivity index (χ2v) is 10.2. The number of rotatable bonds is 3. The molecule has 0 saturated carbocycles. The summed E-state index contributed by atoms with van der Waals surface area (Å²) in [7, 11) is 0. The van der Waals surface area contributed by atoms with E-state index in [0.717, 1.165) is 24.0 Å². The zero-order valence-corrected chi connectivity index (χ0v) is 18.8. The van der Waals surface area contributed by atoms with Crippen LogP contribution in [0.25, 0.3) is 11.1 Å². The van der Waals surface area contributed by atoms with E-state index in [1.165, 1.54) is 22.1 Å². The van der Waals surface area contributed by atoms with Gasteiger partial charge < -0.3 is 15.1 Å². The second kappa shape index (κ2) is 7.01. The molecule has 31 heavy (non-hydrogen) atoms. The molecule has 4 rings (SSSR count). The highest BCUT2D eigenvalue weighted by atomic mass is 16.3. The van der Waals surface area contributed by atoms with Crippen LogP contribution in [0.5, 0.6) is 11.5 Å². The fourth-order valence-corrected chi connectivity index (χ4v) is 4.79. The number of phenols is 2. The van der Waals surface area contributed by atoms with Gasteiger partial charge in [0.25, 0.3) is 0 Å². The van der Waals surface area contributed by atoms with E-state index in [2.05, 4.69) is 45.1 Å². The first-order valence-electron chi connectivity index (χ1n) is 10.7. The third-order valence-electron chi connectivity index (χ3n) is 6.91. The lowest BCUT2D eigenvalue weighted by Gasteiger charge is -2.42. The molecule has 164 valence electrons. The summed E-state index contributed by atoms with van der Waals surface area (Å²) in [5, 5.41) is 23.3. The number of imide groups is 1. The Morgan fingerprint density at radius 3 is 2.10 bits per heavy atom. The van der Waals surface area contributed by atoms with Gasteiger partial charge in [-0.1, -0.05) is 33.8 Å². The molecule has 0 atom stereocenters. The van der Waals surface area contributed by atoms with Crippen LogP contribution < -0.4 is 5.32 Å². The van der Waals surface area contributed by atoms with Gasteiger partial charge in [-0.2, -0.15) is 0 Å². The van der Waals surface area contributed by atoms with Crippen LogP contribution >= 0.6 is 0 Å². The first-order valence-corrected chi connectivity index (χ1v) is 10.7. The summed E-state index contributed by atoms with van der Waals surface area (Å²) in [6.45, 7) is 11.1. The number of aryl methyl sites for hydroxylation is 1. The van der Waals surface area contributed by atoms with Crippen LogP contribution in [0.3, 0.4) is 0 Å². The van der Waals surface area contributed by atoms with Gasteiger partial charge in [0.2, 0.25) is 5.91 Å². The summed E-state index contributed by atoms with van der Waals surface area (Å²) in [5.74, 6) is -0.483. The Hall–Kier alpha value is -3.02. The topological polar surface area (TPSA) is 89.9 Å². The zero-order chi connectivity index (χ0) is 22.7. The van der Waals surface area contributed by atoms with E-state index in [0.29, 0.717) is 11.1 Å². The number of benzene rings is 2. The number of amides is 3. The van der Waals surface area contributed by atoms with Crippen molar-refractivity contribution >= 4 is 11.9 Å². The molecule has 1 aliphatic heterocycles. The van der Waals surface area contributed by atoms with Crippen molar-refractivity contribution in [3.63, 3.8) is 0 Å². The molecule has 6 nitrogen and oxygen atoms in total. The largest absolute Gasteiger partial charge is 0.507 e. The van der Waals surface area contributed by atoms with E-state index in [-0.39, 0.29) is 41.3 Å². The highest BCUT2D eigenvalue weighted by Crippen LogP contribution is 2.48. The minimum atomic E-state index is -0.479. The molecule has 3 N–H and O–H groups in total. The van der Waals surface area contributed by atoms with Crippen molar-refractivity contribution < 1.29 is 19.8 Å². The standard InChI is InChI=1S/C25H30N2O4/c1-14-8-18-19(25(4,5)7-6-24(18,2)3)10-16(14)17-9-15(20(28)11-21(17)29)12-27-13-22(30)26-23(27)31/h8-11,28-29H,6-7,12-13H2,1-5H3,(H,26,30,31). The van der Waals surface area contributed by atoms with Crippen LogP contribution in [0.1, 0.15) is 62.8 Å². The van der Waals surface area contributed by atoms with Gasteiger partial charge in [0.1, 0.15) is 18.0 Å². The molecule has 1 aliphatic carbocycles. The summed E-state index contributed by atoms with van der Waals surface area (Å²) in [6.07, 6.45) is 2.21. The number of urea groups is 1. The van der Waals surface area contributed by atoms with Crippen LogP contribution in [0.15, 0.2) is 24.3 Å². The van der Waals surface area contributed by atoms with Crippen molar-refractivity contribution in [1.82, 2.24) is 10.2 Å². The van der Waals surface area contributed by atoms with Crippen LogP contribution in [-0.2, 0) is 22.2 Å². The maximum Gasteiger partial charge on any atom is 0.324 e. The van der Waals surface area contributed by atoms with Crippen molar-refractivity contribution in [3.8, 4) is 22.6 Å². The molecule has 0 unspecified atom stereocenters. The van der Waals surface area contributed by atoms with Gasteiger partial charge in [-0.3, -0.25) is 10.1 Å². The molecule has 0 aromatic heterocycles. The molecule has 6 heteroatoms. The van der Waals surface area contributed by atoms with Crippen LogP contribution in [0, 0.1) is 6.92 Å². The van der Waals surface area contributed by atoms with Crippen molar-refractivity contribution in [2.24, 2.45) is 0 Å². The predicted octanol–water partition coefficient (Wildman–Crippen LogP) is 4.47. The molecule has 2 aromatic rings. The van der Waals surface area contributed by atoms with E-state index < -0.39 is 6.03 Å². The number of fused-ring (bicyclic) bond motifs is 1. The van der Waals surface area contributed by atoms with Gasteiger partial charge in [-0.15, -0.1) is 0 Å². The SMILES string of the molecule is Cc1cc2c(cc1-c1cc(CN3CC(=O)NC3=O)c(O)cc1O)C(C)(C)CCC2(C)C. The highest BCUT2D eigenvalue weighted by molar-refractivity contribution is 6.01. The molecule has 1 fully saturated rings. The number of hydrogen-bond acceptors (Lipinski definition) is 4. The fraction of sp³-hybridized carbons (Fsp3) is 0.440. The Morgan fingerprint density at radius 2 is 1.52 bits per heavy atom. The third-order valence-corrected chi connectivity index (χ3v) is 6.91. The lowest BCUT2D eigenvalue weighted by Crippen LogP contribution is -2.34. The molecule has 1 heterocycles. The number of carbonyl (C=O) groups excluding carboxylic acids is 2. The van der Waals surface area contributed by atoms with Crippen molar-refractivity contribution in [1.29, 1.82) is 0 Å². The van der Waals surface area contributed by atoms with E-state index >= 15 is 0 Å². The monoisotopic (exact) mass is 422 g/mol. The Morgan fingerprint density at radius 1 is 0.903 bits per heavy atom. The van der Waals surface area contributed by atoms with Gasteiger partial charge in [0, 0.05) is 17.2 Å². The molecule has 0 radical (unpaired) electrons. The predicted molar refractivity (Wildman–Crippen MR) is 119 cm³/mol. The number of phenolic OH excluding ortho intramolecular Hbond substituents is 2. The quantitative estimate of drug-likeness (QED) is 0.637. The van der Waals surface area contributed by atoms with Gasteiger partial charge in [0.05, 0.1) is 6.54 Å². The Kier molecular flexibility index (Phi) is 4.80. The summed E-state index contributed by atoms with van der Waals surface area (Å²) in [5.41, 5.74) is 5.78. The van der Waals surface area contributed by atoms with E-state index in [4.69, 9.17) is 0 Å². The smallest absolute Gasteiger partial charge is 0.324 e. The number of carbonyl (C=O) groups is 2. The summed E-state index contributed by atoms with van der Waals surface area (Å²) < 4.78 is 0. The zero-order valence-electron chi connectivity index (χ0n) is 18.8. The summed E-state index contributed by atoms with van der Waals surface area (Å²) >= 11 is 0. The summed E-state index contributed by atoms with van der Waals surface area (Å²) in [6, 6.07) is 6.95. The molecule has 2 aromatic carbocycles. The fourth-order valence-electron chi connectivity index (χ4n) is 4.79. The Balaban J connectivity index is 1.81. The Bertz CT molecular complexity index is 1100. The molecule has 1 saturated heterocycles. The van der Waals surface area contributed by atoms with Gasteiger partial charge in [-0.25, -0.2) is 4.79 Å². The van der Waals surface area contributed by atoms with Crippen LogP contribution in [0.4, 0.5) is 4.79 Å². The Labute approximate surface area is 182 Å². The van der Waals surface area contributed by atoms with Crippen LogP contribution in [0.2, 0.25) is 0 Å². The van der Waals surface area contributed by atoms with E-state index in [9.17, 15) is 19.8 Å². The van der Waals surface area contributed by atoms with Gasteiger partial charge in [-0.05, 0) is 65.0 Å². The molecule has 0 spiro atoms. The van der Waals surface area contributed by atoms with Crippen molar-refractivity contribution in [2.75, 3.05) is 6.54 Å². The summed E-state index contributed by atoms with van der Waals surface area (Å²) in [4.78, 5) is 24.8. The molecule has 0 bridgehead atoms. The highest BCUT2D eigenvalue weighted by Gasteiger charge is 2.37. The number of aromatic hydroxyl groups is 2. The minimum absolute atomic E-state index is 0.0147. The third kappa shape index (κ3) is 3.64. The average molecular weight is 423 g/mol. The van der Waals surface area contributed by atoms with E-state index in [1.807, 2.05) is 6.92 Å². The molecular weight excluding hydrogens is 392 g/mol. The van der Waals surface area contributed by atoms with Crippen molar-refractivity contribution in [2.45, 2.75) is 64.8 Å². The molecule has 3 amide bonds. The average Bonchev–Trinajstić information content (AvgIpc) is 2.98. The number of nitrogens with one attached hydrogen (secondary N) is 1. The van der Waals surface area contributed by atoms with E-state index in [1.54, 1.807) is 6.07 Å². The normalized spacial score (nSPS) is 19.3. The van der Waals surface area contributed by atoms with Gasteiger partial charge >= 0.3 is 6.03 Å². The lowest BCUT2D eigenvalue weighted by molar-refractivity contribution is -0.118. The van der Waals surface area contributed by atoms with Crippen molar-refractivity contribution in [3.05, 3.63) is 46.5 Å². The molecule has 2 aliphatic rings. The van der Waals surface area contributed by atoms with Gasteiger partial charge in [0.15, 0.2) is 0 Å². The maximum absolute atomic E-state index is 11.9. The second-order valence-electron chi connectivity index (χ2n) is 10.2. The molecular formula is C25H30N2O4. The lowest BCUT2D eigenvalue weighted by atomic mass is 9.62. The maximum atomic E-state index is 11.9. The number of nitrogens with zero attached hydrogens (tertiary/aromatic N) is 1. The van der Waals surface area contributed by atoms with Crippen LogP contribution in [-0.4, -0.2) is 33.6 Å².